The van der Waals surface area contributed by atoms with Crippen molar-refractivity contribution in [3.05, 3.63) is 205 Å². The fourth-order valence-corrected chi connectivity index (χ4v) is 8.84. The molecule has 0 saturated heterocycles. The fraction of sp³-hybridized carbons (Fsp3) is 0.0189. The highest BCUT2D eigenvalue weighted by molar-refractivity contribution is 6.22. The number of hydrogen-bond donors (Lipinski definition) is 1. The van der Waals surface area contributed by atoms with E-state index >= 15 is 0 Å². The van der Waals surface area contributed by atoms with E-state index in [9.17, 15) is 0 Å². The van der Waals surface area contributed by atoms with E-state index in [0.29, 0.717) is 5.84 Å². The van der Waals surface area contributed by atoms with Gasteiger partial charge in [-0.1, -0.05) is 152 Å². The van der Waals surface area contributed by atoms with Crippen molar-refractivity contribution < 1.29 is 8.83 Å². The van der Waals surface area contributed by atoms with E-state index in [4.69, 9.17) is 18.8 Å². The van der Waals surface area contributed by atoms with Gasteiger partial charge >= 0.3 is 0 Å². The first-order valence-electron chi connectivity index (χ1n) is 19.6. The van der Waals surface area contributed by atoms with Gasteiger partial charge in [0.1, 0.15) is 34.3 Å². The highest BCUT2D eigenvalue weighted by Crippen LogP contribution is 2.44. The van der Waals surface area contributed by atoms with Gasteiger partial charge in [0.15, 0.2) is 5.84 Å². The summed E-state index contributed by atoms with van der Waals surface area (Å²) >= 11 is 0. The van der Waals surface area contributed by atoms with E-state index in [-0.39, 0.29) is 0 Å². The Labute approximate surface area is 333 Å². The topological polar surface area (TPSA) is 63.0 Å². The standard InChI is InChI=1S/C53H33N3O2/c1-2-13-32(14-3-1)36-30-44(50-42-20-9-11-23-46(42)58-48(50)31-36)39-27-28-40(38-18-7-6-17-37(38)39)52-54-51(35-26-25-33-15-4-5-16-34(33)29-35)55-53(56-52)43-21-12-24-47-49(43)41-19-8-10-22-45(41)57-47/h1-31,52H,(H,54,55,56). The van der Waals surface area contributed by atoms with Crippen molar-refractivity contribution >= 4 is 77.1 Å². The molecule has 1 aliphatic heterocycles. The van der Waals surface area contributed by atoms with E-state index in [1.807, 2.05) is 36.4 Å². The zero-order chi connectivity index (χ0) is 38.2. The van der Waals surface area contributed by atoms with Gasteiger partial charge in [0.25, 0.3) is 0 Å². The van der Waals surface area contributed by atoms with Crippen LogP contribution in [0.3, 0.4) is 0 Å². The second-order valence-electron chi connectivity index (χ2n) is 14.9. The molecule has 58 heavy (non-hydrogen) atoms. The van der Waals surface area contributed by atoms with Gasteiger partial charge in [-0.2, -0.15) is 0 Å². The van der Waals surface area contributed by atoms with Crippen LogP contribution >= 0.6 is 0 Å². The molecular formula is C53H33N3O2. The number of rotatable bonds is 5. The van der Waals surface area contributed by atoms with Gasteiger partial charge in [-0.3, -0.25) is 0 Å². The lowest BCUT2D eigenvalue weighted by Crippen LogP contribution is -2.33. The van der Waals surface area contributed by atoms with Crippen LogP contribution in [0.25, 0.3) is 87.7 Å². The molecule has 1 atom stereocenters. The molecule has 5 nitrogen and oxygen atoms in total. The Morgan fingerprint density at radius 1 is 0.397 bits per heavy atom. The van der Waals surface area contributed by atoms with Gasteiger partial charge in [0.2, 0.25) is 0 Å². The second kappa shape index (κ2) is 12.9. The monoisotopic (exact) mass is 743 g/mol. The molecule has 272 valence electrons. The first-order valence-corrected chi connectivity index (χ1v) is 19.6. The van der Waals surface area contributed by atoms with E-state index < -0.39 is 6.17 Å². The predicted octanol–water partition coefficient (Wildman–Crippen LogP) is 13.6. The van der Waals surface area contributed by atoms with Crippen molar-refractivity contribution in [3.8, 4) is 22.3 Å². The molecule has 0 amide bonds. The molecule has 0 aliphatic carbocycles. The van der Waals surface area contributed by atoms with Crippen molar-refractivity contribution in [1.29, 1.82) is 0 Å². The lowest BCUT2D eigenvalue weighted by molar-refractivity contribution is 0.668. The molecule has 1 unspecified atom stereocenters. The number of furan rings is 2. The van der Waals surface area contributed by atoms with Gasteiger partial charge < -0.3 is 14.2 Å². The molecule has 11 aromatic rings. The van der Waals surface area contributed by atoms with E-state index in [0.717, 1.165) is 105 Å². The number of hydrogen-bond acceptors (Lipinski definition) is 5. The van der Waals surface area contributed by atoms with Crippen molar-refractivity contribution in [2.24, 2.45) is 9.98 Å². The summed E-state index contributed by atoms with van der Waals surface area (Å²) in [5, 5.41) is 12.6. The first kappa shape index (κ1) is 32.5. The summed E-state index contributed by atoms with van der Waals surface area (Å²) in [7, 11) is 0. The smallest absolute Gasteiger partial charge is 0.159 e. The Kier molecular flexibility index (Phi) is 7.23. The number of nitrogens with zero attached hydrogens (tertiary/aromatic N) is 2. The van der Waals surface area contributed by atoms with Gasteiger partial charge in [-0.25, -0.2) is 9.98 Å². The van der Waals surface area contributed by atoms with Crippen molar-refractivity contribution in [2.45, 2.75) is 6.17 Å². The molecule has 0 radical (unpaired) electrons. The third-order valence-electron chi connectivity index (χ3n) is 11.5. The number of nitrogens with one attached hydrogen (secondary N) is 1. The van der Waals surface area contributed by atoms with Crippen molar-refractivity contribution in [2.75, 3.05) is 0 Å². The van der Waals surface area contributed by atoms with Crippen LogP contribution < -0.4 is 5.32 Å². The van der Waals surface area contributed by atoms with Gasteiger partial charge in [-0.05, 0) is 80.2 Å². The van der Waals surface area contributed by atoms with Crippen LogP contribution in [-0.2, 0) is 0 Å². The van der Waals surface area contributed by atoms with Crippen LogP contribution in [0.4, 0.5) is 0 Å². The molecule has 0 bridgehead atoms. The minimum absolute atomic E-state index is 0.438. The predicted molar refractivity (Wildman–Crippen MR) is 239 cm³/mol. The maximum atomic E-state index is 6.55. The largest absolute Gasteiger partial charge is 0.456 e. The lowest BCUT2D eigenvalue weighted by atomic mass is 9.89. The average Bonchev–Trinajstić information content (AvgIpc) is 3.87. The summed E-state index contributed by atoms with van der Waals surface area (Å²) in [5.41, 5.74) is 10.9. The normalized spacial score (nSPS) is 14.4. The molecule has 0 spiro atoms. The summed E-state index contributed by atoms with van der Waals surface area (Å²) in [4.78, 5) is 10.7. The van der Waals surface area contributed by atoms with Gasteiger partial charge in [0, 0.05) is 38.2 Å². The van der Waals surface area contributed by atoms with Crippen molar-refractivity contribution in [1.82, 2.24) is 5.32 Å². The molecule has 0 fully saturated rings. The second-order valence-corrected chi connectivity index (χ2v) is 14.9. The molecule has 12 rings (SSSR count). The average molecular weight is 744 g/mol. The van der Waals surface area contributed by atoms with E-state index in [1.165, 1.54) is 5.39 Å². The molecule has 0 saturated carbocycles. The minimum Gasteiger partial charge on any atom is -0.456 e. The molecule has 9 aromatic carbocycles. The third kappa shape index (κ3) is 5.17. The Morgan fingerprint density at radius 3 is 1.86 bits per heavy atom. The Bertz CT molecular complexity index is 3500. The maximum Gasteiger partial charge on any atom is 0.159 e. The van der Waals surface area contributed by atoms with E-state index in [2.05, 4.69) is 157 Å². The number of fused-ring (bicyclic) bond motifs is 8. The van der Waals surface area contributed by atoms with Crippen LogP contribution in [0.2, 0.25) is 0 Å². The number of benzene rings is 9. The fourth-order valence-electron chi connectivity index (χ4n) is 8.84. The molecule has 3 heterocycles. The quantitative estimate of drug-likeness (QED) is 0.191. The van der Waals surface area contributed by atoms with Crippen LogP contribution in [0, 0.1) is 0 Å². The van der Waals surface area contributed by atoms with Gasteiger partial charge in [-0.15, -0.1) is 0 Å². The molecule has 2 aromatic heterocycles. The summed E-state index contributed by atoms with van der Waals surface area (Å²) in [6, 6.07) is 65.7. The molecular weight excluding hydrogens is 711 g/mol. The lowest BCUT2D eigenvalue weighted by Gasteiger charge is -2.25. The minimum atomic E-state index is -0.438. The van der Waals surface area contributed by atoms with Crippen molar-refractivity contribution in [3.63, 3.8) is 0 Å². The Hall–Kier alpha value is -7.76. The third-order valence-corrected chi connectivity index (χ3v) is 11.5. The number of para-hydroxylation sites is 2. The summed E-state index contributed by atoms with van der Waals surface area (Å²) in [6.45, 7) is 0. The maximum absolute atomic E-state index is 6.55. The molecule has 1 N–H and O–H groups in total. The highest BCUT2D eigenvalue weighted by Gasteiger charge is 2.26. The summed E-state index contributed by atoms with van der Waals surface area (Å²) in [6.07, 6.45) is -0.438. The molecule has 1 aliphatic rings. The van der Waals surface area contributed by atoms with E-state index in [1.54, 1.807) is 0 Å². The molecule has 5 heteroatoms. The van der Waals surface area contributed by atoms with Crippen LogP contribution in [0.1, 0.15) is 22.9 Å². The first-order chi connectivity index (χ1) is 28.7. The SMILES string of the molecule is c1ccc(-c2cc(-c3ccc(C4N=C(c5ccc6ccccc6c5)N=C(c5cccc6oc7ccccc7c56)N4)c4ccccc34)c3c(c2)oc2ccccc23)cc1. The summed E-state index contributed by atoms with van der Waals surface area (Å²) < 4.78 is 12.9. The van der Waals surface area contributed by atoms with Gasteiger partial charge in [0.05, 0.1) is 0 Å². The van der Waals surface area contributed by atoms with Crippen LogP contribution in [0.15, 0.2) is 207 Å². The number of amidine groups is 2. The van der Waals surface area contributed by atoms with Crippen LogP contribution in [0.5, 0.6) is 0 Å². The van der Waals surface area contributed by atoms with Crippen LogP contribution in [-0.4, -0.2) is 11.7 Å². The zero-order valence-corrected chi connectivity index (χ0v) is 31.2. The summed E-state index contributed by atoms with van der Waals surface area (Å²) in [5.74, 6) is 1.42. The zero-order valence-electron chi connectivity index (χ0n) is 31.2. The number of aliphatic imine (C=N–C) groups is 2. The Morgan fingerprint density at radius 2 is 1.05 bits per heavy atom. The Balaban J connectivity index is 1.07. The highest BCUT2D eigenvalue weighted by atomic mass is 16.3.